The van der Waals surface area contributed by atoms with Crippen LogP contribution in [0.4, 0.5) is 0 Å². The molecule has 2 aromatic rings. The van der Waals surface area contributed by atoms with E-state index in [0.29, 0.717) is 5.56 Å². The Balaban J connectivity index is 2.62. The molecule has 0 aliphatic heterocycles. The fraction of sp³-hybridized carbons (Fsp3) is 0.167. The minimum Gasteiger partial charge on any atom is -0.366 e. The van der Waals surface area contributed by atoms with Gasteiger partial charge in [0.25, 0.3) is 0 Å². The zero-order valence-electron chi connectivity index (χ0n) is 8.53. The van der Waals surface area contributed by atoms with Crippen molar-refractivity contribution < 1.29 is 4.79 Å². The number of aromatic nitrogens is 1. The molecule has 1 aromatic heterocycles. The Morgan fingerprint density at radius 2 is 2.20 bits per heavy atom. The van der Waals surface area contributed by atoms with Crippen LogP contribution in [0.5, 0.6) is 0 Å². The largest absolute Gasteiger partial charge is 0.366 e. The SMILES string of the molecule is CCc1ccc2ncc(C(N)=O)cc2c1. The van der Waals surface area contributed by atoms with Crippen LogP contribution in [0.3, 0.4) is 0 Å². The molecule has 2 rings (SSSR count). The molecule has 2 N–H and O–H groups in total. The second kappa shape index (κ2) is 3.69. The van der Waals surface area contributed by atoms with Gasteiger partial charge in [-0.2, -0.15) is 0 Å². The van der Waals surface area contributed by atoms with Crippen molar-refractivity contribution in [2.24, 2.45) is 5.73 Å². The van der Waals surface area contributed by atoms with Gasteiger partial charge in [-0.05, 0) is 30.2 Å². The van der Waals surface area contributed by atoms with Crippen molar-refractivity contribution in [3.63, 3.8) is 0 Å². The Hall–Kier alpha value is -1.90. The third-order valence-electron chi connectivity index (χ3n) is 2.44. The fourth-order valence-corrected chi connectivity index (χ4v) is 1.54. The number of primary amides is 1. The number of hydrogen-bond donors (Lipinski definition) is 1. The van der Waals surface area contributed by atoms with Crippen LogP contribution in [0.15, 0.2) is 30.5 Å². The van der Waals surface area contributed by atoms with Gasteiger partial charge in [0.2, 0.25) is 5.91 Å². The van der Waals surface area contributed by atoms with Gasteiger partial charge >= 0.3 is 0 Å². The molecule has 0 aliphatic rings. The van der Waals surface area contributed by atoms with Gasteiger partial charge in [-0.15, -0.1) is 0 Å². The van der Waals surface area contributed by atoms with Crippen molar-refractivity contribution in [3.8, 4) is 0 Å². The minimum atomic E-state index is -0.439. The molecule has 0 saturated carbocycles. The number of benzene rings is 1. The number of carbonyl (C=O) groups excluding carboxylic acids is 1. The summed E-state index contributed by atoms with van der Waals surface area (Å²) in [4.78, 5) is 15.2. The van der Waals surface area contributed by atoms with Crippen LogP contribution < -0.4 is 5.73 Å². The minimum absolute atomic E-state index is 0.439. The highest BCUT2D eigenvalue weighted by Crippen LogP contribution is 2.15. The van der Waals surface area contributed by atoms with Crippen LogP contribution in [0.2, 0.25) is 0 Å². The van der Waals surface area contributed by atoms with Crippen LogP contribution in [0, 0.1) is 0 Å². The standard InChI is InChI=1S/C12H12N2O/c1-2-8-3-4-11-9(5-8)6-10(7-14-11)12(13)15/h3-7H,2H2,1H3,(H2,13,15). The van der Waals surface area contributed by atoms with E-state index in [2.05, 4.69) is 11.9 Å². The molecule has 0 saturated heterocycles. The molecule has 76 valence electrons. The Morgan fingerprint density at radius 3 is 2.87 bits per heavy atom. The highest BCUT2D eigenvalue weighted by atomic mass is 16.1. The first-order valence-electron chi connectivity index (χ1n) is 4.89. The average molecular weight is 200 g/mol. The molecule has 0 radical (unpaired) electrons. The summed E-state index contributed by atoms with van der Waals surface area (Å²) in [7, 11) is 0. The van der Waals surface area contributed by atoms with E-state index in [1.54, 1.807) is 6.07 Å². The second-order valence-corrected chi connectivity index (χ2v) is 3.47. The highest BCUT2D eigenvalue weighted by Gasteiger charge is 2.02. The number of carbonyl (C=O) groups is 1. The molecule has 0 aliphatic carbocycles. The monoisotopic (exact) mass is 200 g/mol. The van der Waals surface area contributed by atoms with E-state index < -0.39 is 5.91 Å². The van der Waals surface area contributed by atoms with Crippen molar-refractivity contribution in [1.29, 1.82) is 0 Å². The van der Waals surface area contributed by atoms with E-state index in [-0.39, 0.29) is 0 Å². The van der Waals surface area contributed by atoms with Crippen molar-refractivity contribution >= 4 is 16.8 Å². The fourth-order valence-electron chi connectivity index (χ4n) is 1.54. The molecule has 0 bridgehead atoms. The first-order valence-corrected chi connectivity index (χ1v) is 4.89. The third-order valence-corrected chi connectivity index (χ3v) is 2.44. The van der Waals surface area contributed by atoms with Crippen LogP contribution in [-0.2, 0) is 6.42 Å². The summed E-state index contributed by atoms with van der Waals surface area (Å²) in [5.74, 6) is -0.439. The summed E-state index contributed by atoms with van der Waals surface area (Å²) in [6.07, 6.45) is 2.48. The molecule has 3 heteroatoms. The zero-order valence-corrected chi connectivity index (χ0v) is 8.53. The van der Waals surface area contributed by atoms with E-state index in [9.17, 15) is 4.79 Å². The van der Waals surface area contributed by atoms with E-state index >= 15 is 0 Å². The molecule has 0 fully saturated rings. The quantitative estimate of drug-likeness (QED) is 0.804. The molecule has 15 heavy (non-hydrogen) atoms. The Morgan fingerprint density at radius 1 is 1.40 bits per heavy atom. The Labute approximate surface area is 87.9 Å². The zero-order chi connectivity index (χ0) is 10.8. The van der Waals surface area contributed by atoms with Crippen LogP contribution in [-0.4, -0.2) is 10.9 Å². The average Bonchev–Trinajstić information content (AvgIpc) is 2.27. The summed E-state index contributed by atoms with van der Waals surface area (Å²) >= 11 is 0. The summed E-state index contributed by atoms with van der Waals surface area (Å²) in [5.41, 5.74) is 7.76. The lowest BCUT2D eigenvalue weighted by Crippen LogP contribution is -2.11. The van der Waals surface area contributed by atoms with Crippen molar-refractivity contribution in [2.75, 3.05) is 0 Å². The van der Waals surface area contributed by atoms with Gasteiger partial charge < -0.3 is 5.73 Å². The van der Waals surface area contributed by atoms with Crippen LogP contribution in [0.1, 0.15) is 22.8 Å². The number of rotatable bonds is 2. The predicted molar refractivity (Wildman–Crippen MR) is 59.6 cm³/mol. The first kappa shape index (κ1) is 9.65. The lowest BCUT2D eigenvalue weighted by Gasteiger charge is -2.02. The molecule has 3 nitrogen and oxygen atoms in total. The Kier molecular flexibility index (Phi) is 2.37. The molecule has 0 spiro atoms. The van der Waals surface area contributed by atoms with Crippen molar-refractivity contribution in [3.05, 3.63) is 41.6 Å². The highest BCUT2D eigenvalue weighted by molar-refractivity contribution is 5.96. The summed E-state index contributed by atoms with van der Waals surface area (Å²) in [6, 6.07) is 7.82. The number of pyridine rings is 1. The predicted octanol–water partition coefficient (Wildman–Crippen LogP) is 1.90. The Bertz CT molecular complexity index is 520. The maximum Gasteiger partial charge on any atom is 0.250 e. The van der Waals surface area contributed by atoms with E-state index in [1.165, 1.54) is 11.8 Å². The summed E-state index contributed by atoms with van der Waals surface area (Å²) in [6.45, 7) is 2.09. The van der Waals surface area contributed by atoms with Gasteiger partial charge in [0.05, 0.1) is 11.1 Å². The number of nitrogens with two attached hydrogens (primary N) is 1. The van der Waals surface area contributed by atoms with Gasteiger partial charge in [0.1, 0.15) is 0 Å². The molecule has 1 amide bonds. The number of fused-ring (bicyclic) bond motifs is 1. The van der Waals surface area contributed by atoms with Gasteiger partial charge in [-0.1, -0.05) is 13.0 Å². The summed E-state index contributed by atoms with van der Waals surface area (Å²) < 4.78 is 0. The number of amides is 1. The molecular weight excluding hydrogens is 188 g/mol. The lowest BCUT2D eigenvalue weighted by molar-refractivity contribution is 0.1000. The number of hydrogen-bond acceptors (Lipinski definition) is 2. The first-order chi connectivity index (χ1) is 7.20. The molecular formula is C12H12N2O. The normalized spacial score (nSPS) is 10.5. The number of aryl methyl sites for hydroxylation is 1. The van der Waals surface area contributed by atoms with Crippen LogP contribution in [0.25, 0.3) is 10.9 Å². The van der Waals surface area contributed by atoms with Gasteiger partial charge in [-0.3, -0.25) is 9.78 Å². The maximum atomic E-state index is 11.0. The maximum absolute atomic E-state index is 11.0. The summed E-state index contributed by atoms with van der Waals surface area (Å²) in [5, 5.41) is 0.964. The lowest BCUT2D eigenvalue weighted by atomic mass is 10.1. The van der Waals surface area contributed by atoms with Gasteiger partial charge in [0.15, 0.2) is 0 Å². The van der Waals surface area contributed by atoms with Crippen molar-refractivity contribution in [2.45, 2.75) is 13.3 Å². The second-order valence-electron chi connectivity index (χ2n) is 3.47. The topological polar surface area (TPSA) is 56.0 Å². The third kappa shape index (κ3) is 1.81. The van der Waals surface area contributed by atoms with E-state index in [4.69, 9.17) is 5.73 Å². The van der Waals surface area contributed by atoms with Gasteiger partial charge in [-0.25, -0.2) is 0 Å². The number of nitrogens with zero attached hydrogens (tertiary/aromatic N) is 1. The molecule has 1 heterocycles. The molecule has 1 aromatic carbocycles. The van der Waals surface area contributed by atoms with E-state index in [0.717, 1.165) is 17.3 Å². The van der Waals surface area contributed by atoms with Crippen LogP contribution >= 0.6 is 0 Å². The van der Waals surface area contributed by atoms with E-state index in [1.807, 2.05) is 18.2 Å². The molecule has 0 unspecified atom stereocenters. The smallest absolute Gasteiger partial charge is 0.250 e. The van der Waals surface area contributed by atoms with Crippen molar-refractivity contribution in [1.82, 2.24) is 4.98 Å². The van der Waals surface area contributed by atoms with Gasteiger partial charge in [0, 0.05) is 11.6 Å². The molecule has 0 atom stereocenters.